The first-order chi connectivity index (χ1) is 11.9. The summed E-state index contributed by atoms with van der Waals surface area (Å²) < 4.78 is 13.7. The summed E-state index contributed by atoms with van der Waals surface area (Å²) in [5, 5.41) is 17.1. The molecule has 2 aromatic rings. The summed E-state index contributed by atoms with van der Waals surface area (Å²) >= 11 is 0. The van der Waals surface area contributed by atoms with Gasteiger partial charge in [0, 0.05) is 25.7 Å². The average Bonchev–Trinajstić information content (AvgIpc) is 2.60. The van der Waals surface area contributed by atoms with Gasteiger partial charge in [-0.05, 0) is 36.6 Å². The first kappa shape index (κ1) is 18.4. The van der Waals surface area contributed by atoms with Crippen molar-refractivity contribution in [2.75, 3.05) is 7.05 Å². The first-order valence-electron chi connectivity index (χ1n) is 7.87. The molecule has 0 bridgehead atoms. The Morgan fingerprint density at radius 1 is 1.32 bits per heavy atom. The van der Waals surface area contributed by atoms with Crippen molar-refractivity contribution < 1.29 is 9.31 Å². The van der Waals surface area contributed by atoms with E-state index in [1.165, 1.54) is 18.2 Å². The van der Waals surface area contributed by atoms with Crippen LogP contribution in [0.15, 0.2) is 47.5 Å². The van der Waals surface area contributed by atoms with Crippen molar-refractivity contribution in [3.8, 4) is 0 Å². The summed E-state index contributed by atoms with van der Waals surface area (Å²) in [5.41, 5.74) is 2.22. The van der Waals surface area contributed by atoms with E-state index in [1.54, 1.807) is 32.2 Å². The molecular weight excluding hydrogens is 323 g/mol. The molecule has 0 heterocycles. The molecule has 2 aromatic carbocycles. The monoisotopic (exact) mass is 344 g/mol. The molecule has 0 aliphatic carbocycles. The number of nitrogens with zero attached hydrogens (tertiary/aromatic N) is 2. The molecule has 0 spiro atoms. The van der Waals surface area contributed by atoms with Crippen LogP contribution in [0.5, 0.6) is 0 Å². The highest BCUT2D eigenvalue weighted by Crippen LogP contribution is 2.16. The van der Waals surface area contributed by atoms with Crippen LogP contribution in [-0.4, -0.2) is 17.9 Å². The van der Waals surface area contributed by atoms with Gasteiger partial charge in [-0.25, -0.2) is 4.39 Å². The third kappa shape index (κ3) is 5.00. The molecule has 0 aliphatic rings. The third-order valence-electron chi connectivity index (χ3n) is 3.85. The number of nitrogens with one attached hydrogen (secondary N) is 2. The maximum Gasteiger partial charge on any atom is 0.269 e. The number of aryl methyl sites for hydroxylation is 1. The van der Waals surface area contributed by atoms with Crippen LogP contribution in [0.1, 0.15) is 29.7 Å². The van der Waals surface area contributed by atoms with Crippen molar-refractivity contribution in [1.82, 2.24) is 10.6 Å². The second-order valence-corrected chi connectivity index (χ2v) is 5.73. The van der Waals surface area contributed by atoms with Crippen LogP contribution in [0.4, 0.5) is 10.1 Å². The molecule has 1 atom stereocenters. The van der Waals surface area contributed by atoms with Gasteiger partial charge in [0.25, 0.3) is 5.69 Å². The highest BCUT2D eigenvalue weighted by atomic mass is 19.1. The summed E-state index contributed by atoms with van der Waals surface area (Å²) in [4.78, 5) is 14.5. The van der Waals surface area contributed by atoms with E-state index in [0.29, 0.717) is 18.1 Å². The maximum atomic E-state index is 13.7. The Hall–Kier alpha value is -2.96. The molecule has 0 radical (unpaired) electrons. The van der Waals surface area contributed by atoms with Crippen LogP contribution < -0.4 is 10.6 Å². The second-order valence-electron chi connectivity index (χ2n) is 5.73. The molecule has 7 heteroatoms. The van der Waals surface area contributed by atoms with Gasteiger partial charge in [0.1, 0.15) is 5.82 Å². The molecule has 0 fully saturated rings. The van der Waals surface area contributed by atoms with Crippen LogP contribution in [0, 0.1) is 22.9 Å². The summed E-state index contributed by atoms with van der Waals surface area (Å²) in [6.07, 6.45) is 0. The Balaban J connectivity index is 1.99. The Labute approximate surface area is 145 Å². The summed E-state index contributed by atoms with van der Waals surface area (Å²) in [7, 11) is 1.63. The number of benzene rings is 2. The van der Waals surface area contributed by atoms with Crippen LogP contribution in [0.3, 0.4) is 0 Å². The van der Waals surface area contributed by atoms with Gasteiger partial charge < -0.3 is 10.6 Å². The van der Waals surface area contributed by atoms with Gasteiger partial charge in [-0.15, -0.1) is 0 Å². The van der Waals surface area contributed by atoms with Crippen molar-refractivity contribution in [2.45, 2.75) is 26.4 Å². The molecule has 1 unspecified atom stereocenters. The molecule has 6 nitrogen and oxygen atoms in total. The van der Waals surface area contributed by atoms with Gasteiger partial charge >= 0.3 is 0 Å². The van der Waals surface area contributed by atoms with E-state index in [2.05, 4.69) is 15.6 Å². The number of rotatable bonds is 5. The van der Waals surface area contributed by atoms with Gasteiger partial charge in [-0.1, -0.05) is 24.3 Å². The smallest absolute Gasteiger partial charge is 0.269 e. The lowest BCUT2D eigenvalue weighted by Crippen LogP contribution is -2.38. The molecule has 2 rings (SSSR count). The van der Waals surface area contributed by atoms with Gasteiger partial charge in [-0.2, -0.15) is 0 Å². The van der Waals surface area contributed by atoms with Crippen LogP contribution in [0.25, 0.3) is 0 Å². The molecule has 0 saturated heterocycles. The van der Waals surface area contributed by atoms with E-state index in [1.807, 2.05) is 13.0 Å². The number of hydrogen-bond acceptors (Lipinski definition) is 3. The Kier molecular flexibility index (Phi) is 6.05. The molecule has 0 aliphatic heterocycles. The lowest BCUT2D eigenvalue weighted by atomic mass is 10.1. The molecule has 0 aromatic heterocycles. The number of hydrogen-bond donors (Lipinski definition) is 2. The highest BCUT2D eigenvalue weighted by molar-refractivity contribution is 5.80. The maximum absolute atomic E-state index is 13.7. The summed E-state index contributed by atoms with van der Waals surface area (Å²) in [6.45, 7) is 4.01. The number of halogens is 1. The summed E-state index contributed by atoms with van der Waals surface area (Å²) in [6, 6.07) is 11.4. The third-order valence-corrected chi connectivity index (χ3v) is 3.85. The van der Waals surface area contributed by atoms with E-state index in [9.17, 15) is 14.5 Å². The number of nitro benzene ring substituents is 1. The Bertz CT molecular complexity index is 792. The fourth-order valence-electron chi connectivity index (χ4n) is 2.33. The normalized spacial score (nSPS) is 12.6. The second kappa shape index (κ2) is 8.23. The lowest BCUT2D eigenvalue weighted by Gasteiger charge is -2.18. The standard InChI is InChI=1S/C18H21FN4O2/c1-12-7-8-15(10-17(12)19)13(2)22-18(20-3)21-11-14-5-4-6-16(9-14)23(24)25/h4-10,13H,11H2,1-3H3,(H2,20,21,22). The zero-order valence-corrected chi connectivity index (χ0v) is 14.4. The van der Waals surface area contributed by atoms with Gasteiger partial charge in [0.05, 0.1) is 11.0 Å². The van der Waals surface area contributed by atoms with Crippen molar-refractivity contribution in [3.05, 3.63) is 75.1 Å². The average molecular weight is 344 g/mol. The quantitative estimate of drug-likeness (QED) is 0.377. The number of nitro groups is 1. The minimum Gasteiger partial charge on any atom is -0.352 e. The number of aliphatic imine (C=N–C) groups is 1. The van der Waals surface area contributed by atoms with Crippen LogP contribution >= 0.6 is 0 Å². The molecule has 0 saturated carbocycles. The van der Waals surface area contributed by atoms with Crippen LogP contribution in [-0.2, 0) is 6.54 Å². The van der Waals surface area contributed by atoms with Crippen molar-refractivity contribution in [1.29, 1.82) is 0 Å². The number of non-ortho nitro benzene ring substituents is 1. The Morgan fingerprint density at radius 3 is 2.72 bits per heavy atom. The predicted molar refractivity (Wildman–Crippen MR) is 96.0 cm³/mol. The van der Waals surface area contributed by atoms with E-state index < -0.39 is 4.92 Å². The van der Waals surface area contributed by atoms with E-state index in [4.69, 9.17) is 0 Å². The molecule has 0 amide bonds. The fourth-order valence-corrected chi connectivity index (χ4v) is 2.33. The highest BCUT2D eigenvalue weighted by Gasteiger charge is 2.10. The van der Waals surface area contributed by atoms with Crippen LogP contribution in [0.2, 0.25) is 0 Å². The van der Waals surface area contributed by atoms with Gasteiger partial charge in [0.15, 0.2) is 5.96 Å². The fraction of sp³-hybridized carbons (Fsp3) is 0.278. The van der Waals surface area contributed by atoms with E-state index >= 15 is 0 Å². The topological polar surface area (TPSA) is 79.6 Å². The zero-order valence-electron chi connectivity index (χ0n) is 14.4. The first-order valence-corrected chi connectivity index (χ1v) is 7.87. The van der Waals surface area contributed by atoms with Crippen molar-refractivity contribution in [3.63, 3.8) is 0 Å². The van der Waals surface area contributed by atoms with Gasteiger partial charge in [-0.3, -0.25) is 15.1 Å². The molecule has 25 heavy (non-hydrogen) atoms. The molecule has 2 N–H and O–H groups in total. The molecule has 132 valence electrons. The predicted octanol–water partition coefficient (Wildman–Crippen LogP) is 3.47. The minimum absolute atomic E-state index is 0.0470. The number of guanidine groups is 1. The van der Waals surface area contributed by atoms with Crippen molar-refractivity contribution in [2.24, 2.45) is 4.99 Å². The largest absolute Gasteiger partial charge is 0.352 e. The van der Waals surface area contributed by atoms with Crippen molar-refractivity contribution >= 4 is 11.6 Å². The lowest BCUT2D eigenvalue weighted by molar-refractivity contribution is -0.384. The minimum atomic E-state index is -0.426. The zero-order chi connectivity index (χ0) is 18.4. The SMILES string of the molecule is CN=C(NCc1cccc([N+](=O)[O-])c1)NC(C)c1ccc(C)c(F)c1. The van der Waals surface area contributed by atoms with E-state index in [0.717, 1.165) is 11.1 Å². The van der Waals surface area contributed by atoms with E-state index in [-0.39, 0.29) is 17.5 Å². The Morgan fingerprint density at radius 2 is 2.08 bits per heavy atom. The summed E-state index contributed by atoms with van der Waals surface area (Å²) in [5.74, 6) is 0.283. The molecular formula is C18H21FN4O2. The van der Waals surface area contributed by atoms with Gasteiger partial charge in [0.2, 0.25) is 0 Å².